The molecule has 3 rings (SSSR count). The fraction of sp³-hybridized carbons (Fsp3) is 0.706. The summed E-state index contributed by atoms with van der Waals surface area (Å²) < 4.78 is 48.6. The van der Waals surface area contributed by atoms with E-state index in [0.29, 0.717) is 5.57 Å². The number of carbonyl (C=O) groups excluding carboxylic acids is 1. The SMILES string of the molecule is C=C1NC(=O)C(C)=CN1[C@H]1C[C@@H](O)[C@@H](COP(=O)(O)OP(=O)(O)O[C@H]2OC(CO)[C@@H](S)[C@H](O)C2O)O1. The third-order valence-electron chi connectivity index (χ3n) is 5.47. The van der Waals surface area contributed by atoms with Crippen molar-refractivity contribution in [3.05, 3.63) is 24.2 Å². The van der Waals surface area contributed by atoms with Crippen molar-refractivity contribution in [1.29, 1.82) is 0 Å². The number of hydrogen-bond acceptors (Lipinski definition) is 14. The van der Waals surface area contributed by atoms with Crippen LogP contribution in [0.25, 0.3) is 0 Å². The van der Waals surface area contributed by atoms with E-state index < -0.39 is 77.1 Å². The van der Waals surface area contributed by atoms with Crippen LogP contribution in [0, 0.1) is 0 Å². The van der Waals surface area contributed by atoms with Gasteiger partial charge in [-0.05, 0) is 6.92 Å². The highest BCUT2D eigenvalue weighted by atomic mass is 32.1. The normalized spacial score (nSPS) is 38.8. The minimum absolute atomic E-state index is 0.00226. The van der Waals surface area contributed by atoms with Crippen molar-refractivity contribution in [2.45, 2.75) is 61.6 Å². The molecule has 0 aromatic rings. The molecule has 36 heavy (non-hydrogen) atoms. The van der Waals surface area contributed by atoms with E-state index in [0.717, 1.165) is 0 Å². The van der Waals surface area contributed by atoms with Crippen LogP contribution in [-0.2, 0) is 36.8 Å². The van der Waals surface area contributed by atoms with Crippen LogP contribution in [-0.4, -0.2) is 103 Å². The lowest BCUT2D eigenvalue weighted by Gasteiger charge is -2.40. The molecule has 206 valence electrons. The van der Waals surface area contributed by atoms with Crippen LogP contribution in [0.5, 0.6) is 0 Å². The van der Waals surface area contributed by atoms with Crippen molar-refractivity contribution in [3.8, 4) is 0 Å². The Morgan fingerprint density at radius 1 is 1.19 bits per heavy atom. The van der Waals surface area contributed by atoms with Crippen LogP contribution < -0.4 is 5.32 Å². The number of amides is 1. The van der Waals surface area contributed by atoms with Gasteiger partial charge in [0, 0.05) is 18.2 Å². The predicted octanol–water partition coefficient (Wildman–Crippen LogP) is -1.74. The van der Waals surface area contributed by atoms with E-state index >= 15 is 0 Å². The number of thiol groups is 1. The molecule has 2 fully saturated rings. The molecule has 16 nitrogen and oxygen atoms in total. The fourth-order valence-electron chi connectivity index (χ4n) is 3.56. The summed E-state index contributed by atoms with van der Waals surface area (Å²) in [6.45, 7) is 3.80. The van der Waals surface area contributed by atoms with Gasteiger partial charge in [0.1, 0.15) is 24.3 Å². The minimum Gasteiger partial charge on any atom is -0.394 e. The number of phosphoric acid groups is 2. The van der Waals surface area contributed by atoms with Crippen molar-refractivity contribution >= 4 is 34.2 Å². The maximum Gasteiger partial charge on any atom is 0.483 e. The lowest BCUT2D eigenvalue weighted by atomic mass is 10.0. The first-order valence-electron chi connectivity index (χ1n) is 10.4. The Morgan fingerprint density at radius 3 is 2.50 bits per heavy atom. The fourth-order valence-corrected chi connectivity index (χ4v) is 6.06. The number of phosphoric ester groups is 2. The third kappa shape index (κ3) is 6.95. The summed E-state index contributed by atoms with van der Waals surface area (Å²) in [6.07, 6.45) is -8.49. The van der Waals surface area contributed by atoms with E-state index in [9.17, 15) is 44.1 Å². The van der Waals surface area contributed by atoms with E-state index in [-0.39, 0.29) is 18.1 Å². The van der Waals surface area contributed by atoms with Gasteiger partial charge in [0.15, 0.2) is 6.29 Å². The molecule has 3 heterocycles. The number of aliphatic hydroxyl groups excluding tert-OH is 4. The second-order valence-electron chi connectivity index (χ2n) is 8.17. The first kappa shape index (κ1) is 29.7. The molecule has 10 atom stereocenters. The maximum atomic E-state index is 12.2. The highest BCUT2D eigenvalue weighted by Gasteiger charge is 2.48. The Labute approximate surface area is 210 Å². The number of nitrogens with zero attached hydrogens (tertiary/aromatic N) is 1. The van der Waals surface area contributed by atoms with Gasteiger partial charge in [-0.15, -0.1) is 0 Å². The summed E-state index contributed by atoms with van der Waals surface area (Å²) in [5.74, 6) is -0.175. The molecule has 0 radical (unpaired) electrons. The van der Waals surface area contributed by atoms with Crippen LogP contribution in [0.15, 0.2) is 24.2 Å². The summed E-state index contributed by atoms with van der Waals surface area (Å²) in [5.41, 5.74) is 0.349. The monoisotopic (exact) mass is 578 g/mol. The van der Waals surface area contributed by atoms with Crippen LogP contribution in [0.2, 0.25) is 0 Å². The zero-order valence-corrected chi connectivity index (χ0v) is 21.4. The van der Waals surface area contributed by atoms with Gasteiger partial charge < -0.3 is 49.9 Å². The molecule has 4 unspecified atom stereocenters. The van der Waals surface area contributed by atoms with Crippen molar-refractivity contribution in [2.24, 2.45) is 0 Å². The highest BCUT2D eigenvalue weighted by Crippen LogP contribution is 2.61. The van der Waals surface area contributed by atoms with Gasteiger partial charge in [0.2, 0.25) is 0 Å². The first-order valence-corrected chi connectivity index (χ1v) is 14.0. The maximum absolute atomic E-state index is 12.2. The molecule has 2 saturated heterocycles. The average Bonchev–Trinajstić information content (AvgIpc) is 3.14. The molecule has 7 N–H and O–H groups in total. The van der Waals surface area contributed by atoms with Crippen molar-refractivity contribution < 1.29 is 67.0 Å². The molecule has 3 aliphatic rings. The summed E-state index contributed by atoms with van der Waals surface area (Å²) in [5, 5.41) is 40.9. The number of aliphatic hydroxyl groups is 4. The Kier molecular flexibility index (Phi) is 9.46. The van der Waals surface area contributed by atoms with Crippen molar-refractivity contribution in [3.63, 3.8) is 0 Å². The van der Waals surface area contributed by atoms with Crippen molar-refractivity contribution in [2.75, 3.05) is 13.2 Å². The summed E-state index contributed by atoms with van der Waals surface area (Å²) in [6, 6.07) is 0. The lowest BCUT2D eigenvalue weighted by molar-refractivity contribution is -0.241. The molecule has 19 heteroatoms. The van der Waals surface area contributed by atoms with E-state index in [1.807, 2.05) is 0 Å². The number of hydrogen-bond donors (Lipinski definition) is 8. The number of ether oxygens (including phenoxy) is 2. The number of nitrogens with one attached hydrogen (secondary N) is 1. The predicted molar refractivity (Wildman–Crippen MR) is 120 cm³/mol. The zero-order valence-electron chi connectivity index (χ0n) is 18.8. The highest BCUT2D eigenvalue weighted by molar-refractivity contribution is 7.81. The molecular weight excluding hydrogens is 550 g/mol. The van der Waals surface area contributed by atoms with Gasteiger partial charge in [0.05, 0.1) is 36.8 Å². The van der Waals surface area contributed by atoms with Gasteiger partial charge in [0.25, 0.3) is 5.91 Å². The zero-order chi connectivity index (χ0) is 27.0. The Bertz CT molecular complexity index is 981. The third-order valence-corrected chi connectivity index (χ3v) is 8.71. The first-order chi connectivity index (χ1) is 16.6. The molecule has 3 aliphatic heterocycles. The minimum atomic E-state index is -5.45. The Balaban J connectivity index is 1.56. The topological polar surface area (TPSA) is 234 Å². The molecule has 0 saturated carbocycles. The summed E-state index contributed by atoms with van der Waals surface area (Å²) in [4.78, 5) is 32.9. The Morgan fingerprint density at radius 2 is 1.86 bits per heavy atom. The molecule has 1 amide bonds. The largest absolute Gasteiger partial charge is 0.483 e. The van der Waals surface area contributed by atoms with Crippen molar-refractivity contribution in [1.82, 2.24) is 10.2 Å². The molecule has 0 spiro atoms. The van der Waals surface area contributed by atoms with Crippen LogP contribution in [0.3, 0.4) is 0 Å². The lowest BCUT2D eigenvalue weighted by Crippen LogP contribution is -2.57. The summed E-state index contributed by atoms with van der Waals surface area (Å²) in [7, 11) is -10.8. The van der Waals surface area contributed by atoms with E-state index in [4.69, 9.17) is 9.47 Å². The van der Waals surface area contributed by atoms with Gasteiger partial charge in [-0.2, -0.15) is 16.9 Å². The van der Waals surface area contributed by atoms with Gasteiger partial charge in [-0.3, -0.25) is 13.8 Å². The van der Waals surface area contributed by atoms with Gasteiger partial charge in [-0.25, -0.2) is 9.13 Å². The molecule has 0 aromatic carbocycles. The molecule has 0 bridgehead atoms. The van der Waals surface area contributed by atoms with E-state index in [2.05, 4.69) is 37.9 Å². The molecule has 0 aromatic heterocycles. The van der Waals surface area contributed by atoms with E-state index in [1.165, 1.54) is 11.1 Å². The summed E-state index contributed by atoms with van der Waals surface area (Å²) >= 11 is 3.96. The van der Waals surface area contributed by atoms with Crippen LogP contribution >= 0.6 is 28.3 Å². The quantitative estimate of drug-likeness (QED) is 0.112. The average molecular weight is 578 g/mol. The van der Waals surface area contributed by atoms with Gasteiger partial charge >= 0.3 is 15.6 Å². The molecular formula is C17H28N2O14P2S. The van der Waals surface area contributed by atoms with Gasteiger partial charge in [-0.1, -0.05) is 6.58 Å². The Hall–Kier alpha value is -0.880. The standard InChI is InChI=1S/C17H28N2O14P2S/c1-7-4-19(8(2)18-16(7)24)12-3-9(21)11(30-12)6-29-34(25,26)33-35(27,28)32-17-14(23)13(22)15(36)10(5-20)31-17/h4,9-15,17,20-23,36H,2-3,5-6H2,1H3,(H,18,24)(H,25,26)(H,27,28)/t9-,10?,11-,12-,13-,14?,15-,17-/m1/s1. The number of rotatable bonds is 9. The van der Waals surface area contributed by atoms with Crippen LogP contribution in [0.1, 0.15) is 13.3 Å². The second-order valence-corrected chi connectivity index (χ2v) is 11.8. The smallest absolute Gasteiger partial charge is 0.394 e. The number of carbonyl (C=O) groups is 1. The second kappa shape index (κ2) is 11.5. The van der Waals surface area contributed by atoms with E-state index in [1.54, 1.807) is 6.92 Å². The molecule has 0 aliphatic carbocycles. The van der Waals surface area contributed by atoms with Crippen LogP contribution in [0.4, 0.5) is 0 Å².